The highest BCUT2D eigenvalue weighted by atomic mass is 16.5. The lowest BCUT2D eigenvalue weighted by molar-refractivity contribution is 0.0695. The second-order valence-corrected chi connectivity index (χ2v) is 7.48. The Balaban J connectivity index is 1.50. The number of likely N-dealkylation sites (tertiary alicyclic amines) is 1. The fraction of sp³-hybridized carbons (Fsp3) is 0.348. The zero-order chi connectivity index (χ0) is 21.1. The molecule has 7 nitrogen and oxygen atoms in total. The molecule has 156 valence electrons. The van der Waals surface area contributed by atoms with E-state index >= 15 is 0 Å². The van der Waals surface area contributed by atoms with Crippen LogP contribution in [0, 0.1) is 6.92 Å². The molecule has 3 aromatic rings. The summed E-state index contributed by atoms with van der Waals surface area (Å²) in [6.45, 7) is 3.32. The molecule has 1 fully saturated rings. The van der Waals surface area contributed by atoms with Crippen LogP contribution in [0.25, 0.3) is 11.4 Å². The van der Waals surface area contributed by atoms with Gasteiger partial charge in [0.25, 0.3) is 5.91 Å². The number of benzene rings is 2. The summed E-state index contributed by atoms with van der Waals surface area (Å²) < 4.78 is 16.2. The van der Waals surface area contributed by atoms with Crippen molar-refractivity contribution >= 4 is 5.91 Å². The van der Waals surface area contributed by atoms with Crippen LogP contribution in [-0.4, -0.2) is 48.3 Å². The third-order valence-corrected chi connectivity index (χ3v) is 5.44. The number of carbonyl (C=O) groups excluding carboxylic acids is 1. The minimum absolute atomic E-state index is 0.0227. The smallest absolute Gasteiger partial charge is 0.253 e. The number of rotatable bonds is 5. The Hall–Kier alpha value is -3.35. The van der Waals surface area contributed by atoms with Gasteiger partial charge in [0.05, 0.1) is 20.1 Å². The molecule has 0 bridgehead atoms. The molecule has 1 aliphatic heterocycles. The Labute approximate surface area is 175 Å². The maximum atomic E-state index is 12.9. The van der Waals surface area contributed by atoms with Crippen LogP contribution in [-0.2, 0) is 0 Å². The monoisotopic (exact) mass is 407 g/mol. The summed E-state index contributed by atoms with van der Waals surface area (Å²) in [6.07, 6.45) is 1.81. The van der Waals surface area contributed by atoms with Crippen LogP contribution in [0.15, 0.2) is 47.0 Å². The minimum atomic E-state index is 0.0227. The zero-order valence-electron chi connectivity index (χ0n) is 17.4. The van der Waals surface area contributed by atoms with Crippen LogP contribution in [0.1, 0.15) is 40.6 Å². The predicted octanol–water partition coefficient (Wildman–Crippen LogP) is 4.08. The molecule has 0 aliphatic carbocycles. The second kappa shape index (κ2) is 8.57. The Morgan fingerprint density at radius 3 is 2.60 bits per heavy atom. The van der Waals surface area contributed by atoms with Crippen molar-refractivity contribution in [3.63, 3.8) is 0 Å². The van der Waals surface area contributed by atoms with E-state index in [2.05, 4.69) is 10.1 Å². The second-order valence-electron chi connectivity index (χ2n) is 7.48. The molecule has 1 saturated heterocycles. The van der Waals surface area contributed by atoms with Crippen LogP contribution in [0.4, 0.5) is 0 Å². The average Bonchev–Trinajstić information content (AvgIpc) is 3.29. The molecular weight excluding hydrogens is 382 g/mol. The zero-order valence-corrected chi connectivity index (χ0v) is 17.4. The number of methoxy groups -OCH3 is 2. The van der Waals surface area contributed by atoms with E-state index in [-0.39, 0.29) is 11.8 Å². The number of ether oxygens (including phenoxy) is 2. The minimum Gasteiger partial charge on any atom is -0.493 e. The van der Waals surface area contributed by atoms with Crippen LogP contribution < -0.4 is 9.47 Å². The summed E-state index contributed by atoms with van der Waals surface area (Å²) in [6, 6.07) is 13.2. The molecule has 1 aromatic heterocycles. The first-order valence-electron chi connectivity index (χ1n) is 10.0. The van der Waals surface area contributed by atoms with Gasteiger partial charge in [-0.1, -0.05) is 22.9 Å². The van der Waals surface area contributed by atoms with E-state index in [4.69, 9.17) is 14.0 Å². The predicted molar refractivity (Wildman–Crippen MR) is 112 cm³/mol. The number of carbonyl (C=O) groups is 1. The van der Waals surface area contributed by atoms with Gasteiger partial charge in [-0.2, -0.15) is 4.98 Å². The normalized spacial score (nSPS) is 16.4. The molecule has 0 saturated carbocycles. The van der Waals surface area contributed by atoms with E-state index in [1.807, 2.05) is 54.3 Å². The van der Waals surface area contributed by atoms with E-state index in [0.29, 0.717) is 35.3 Å². The molecule has 1 atom stereocenters. The topological polar surface area (TPSA) is 77.7 Å². The van der Waals surface area contributed by atoms with Crippen LogP contribution >= 0.6 is 0 Å². The van der Waals surface area contributed by atoms with Crippen LogP contribution in [0.5, 0.6) is 11.5 Å². The van der Waals surface area contributed by atoms with Crippen molar-refractivity contribution in [3.05, 3.63) is 59.5 Å². The number of nitrogens with zero attached hydrogens (tertiary/aromatic N) is 3. The summed E-state index contributed by atoms with van der Waals surface area (Å²) in [7, 11) is 3.18. The van der Waals surface area contributed by atoms with Gasteiger partial charge in [-0.05, 0) is 50.1 Å². The maximum absolute atomic E-state index is 12.9. The molecule has 0 radical (unpaired) electrons. The van der Waals surface area contributed by atoms with E-state index < -0.39 is 0 Å². The third-order valence-electron chi connectivity index (χ3n) is 5.44. The largest absolute Gasteiger partial charge is 0.493 e. The van der Waals surface area contributed by atoms with Gasteiger partial charge in [0, 0.05) is 24.2 Å². The highest BCUT2D eigenvalue weighted by Crippen LogP contribution is 2.33. The lowest BCUT2D eigenvalue weighted by atomic mass is 9.97. The Morgan fingerprint density at radius 2 is 1.87 bits per heavy atom. The molecule has 2 aromatic carbocycles. The highest BCUT2D eigenvalue weighted by molar-refractivity contribution is 5.94. The summed E-state index contributed by atoms with van der Waals surface area (Å²) in [4.78, 5) is 19.4. The first-order chi connectivity index (χ1) is 14.6. The van der Waals surface area contributed by atoms with Crippen LogP contribution in [0.3, 0.4) is 0 Å². The van der Waals surface area contributed by atoms with Crippen molar-refractivity contribution in [2.75, 3.05) is 27.3 Å². The maximum Gasteiger partial charge on any atom is 0.253 e. The van der Waals surface area contributed by atoms with Crippen molar-refractivity contribution in [2.45, 2.75) is 25.7 Å². The number of aryl methyl sites for hydroxylation is 1. The molecule has 2 heterocycles. The van der Waals surface area contributed by atoms with E-state index in [0.717, 1.165) is 30.5 Å². The fourth-order valence-electron chi connectivity index (χ4n) is 3.74. The first kappa shape index (κ1) is 19.9. The summed E-state index contributed by atoms with van der Waals surface area (Å²) in [5.41, 5.74) is 2.63. The summed E-state index contributed by atoms with van der Waals surface area (Å²) in [5, 5.41) is 4.14. The van der Waals surface area contributed by atoms with Crippen molar-refractivity contribution < 1.29 is 18.8 Å². The Kier molecular flexibility index (Phi) is 5.70. The van der Waals surface area contributed by atoms with Gasteiger partial charge in [0.2, 0.25) is 11.7 Å². The van der Waals surface area contributed by atoms with E-state index in [9.17, 15) is 4.79 Å². The molecular formula is C23H25N3O4. The lowest BCUT2D eigenvalue weighted by Gasteiger charge is -2.31. The quantitative estimate of drug-likeness (QED) is 0.634. The molecule has 30 heavy (non-hydrogen) atoms. The van der Waals surface area contributed by atoms with Gasteiger partial charge in [0.1, 0.15) is 0 Å². The number of amides is 1. The van der Waals surface area contributed by atoms with Gasteiger partial charge in [0.15, 0.2) is 11.5 Å². The van der Waals surface area contributed by atoms with Gasteiger partial charge in [-0.25, -0.2) is 0 Å². The Morgan fingerprint density at radius 1 is 1.10 bits per heavy atom. The third kappa shape index (κ3) is 4.01. The van der Waals surface area contributed by atoms with Gasteiger partial charge < -0.3 is 18.9 Å². The number of aromatic nitrogens is 2. The number of piperidine rings is 1. The first-order valence-corrected chi connectivity index (χ1v) is 10.0. The SMILES string of the molecule is COc1ccc(-c2noc([C@H]3CCCN(C(=O)c4ccc(C)cc4)C3)n2)cc1OC. The Bertz CT molecular complexity index is 1030. The standard InChI is InChI=1S/C23H25N3O4/c1-15-6-8-16(9-7-15)23(27)26-12-4-5-18(14-26)22-24-21(25-30-22)17-10-11-19(28-2)20(13-17)29-3/h6-11,13,18H,4-5,12,14H2,1-3H3/t18-/m0/s1. The summed E-state index contributed by atoms with van der Waals surface area (Å²) >= 11 is 0. The van der Waals surface area contributed by atoms with Gasteiger partial charge >= 0.3 is 0 Å². The van der Waals surface area contributed by atoms with E-state index in [1.54, 1.807) is 14.2 Å². The molecule has 0 spiro atoms. The molecule has 7 heteroatoms. The molecule has 1 aliphatic rings. The van der Waals surface area contributed by atoms with Crippen molar-refractivity contribution in [3.8, 4) is 22.9 Å². The van der Waals surface area contributed by atoms with Gasteiger partial charge in [-0.15, -0.1) is 0 Å². The van der Waals surface area contributed by atoms with Crippen molar-refractivity contribution in [2.24, 2.45) is 0 Å². The van der Waals surface area contributed by atoms with Crippen molar-refractivity contribution in [1.29, 1.82) is 0 Å². The average molecular weight is 407 g/mol. The number of hydrogen-bond donors (Lipinski definition) is 0. The molecule has 0 N–H and O–H groups in total. The lowest BCUT2D eigenvalue weighted by Crippen LogP contribution is -2.39. The highest BCUT2D eigenvalue weighted by Gasteiger charge is 2.29. The molecule has 4 rings (SSSR count). The number of hydrogen-bond acceptors (Lipinski definition) is 6. The summed E-state index contributed by atoms with van der Waals surface area (Å²) in [5.74, 6) is 2.36. The molecule has 0 unspecified atom stereocenters. The molecule has 1 amide bonds. The van der Waals surface area contributed by atoms with Crippen LogP contribution in [0.2, 0.25) is 0 Å². The fourth-order valence-corrected chi connectivity index (χ4v) is 3.74. The van der Waals surface area contributed by atoms with E-state index in [1.165, 1.54) is 0 Å². The van der Waals surface area contributed by atoms with Crippen molar-refractivity contribution in [1.82, 2.24) is 15.0 Å². The van der Waals surface area contributed by atoms with Gasteiger partial charge in [-0.3, -0.25) is 4.79 Å².